The molecule has 148 valence electrons. The van der Waals surface area contributed by atoms with Crippen molar-refractivity contribution < 1.29 is 18.8 Å². The summed E-state index contributed by atoms with van der Waals surface area (Å²) >= 11 is 1.55. The van der Waals surface area contributed by atoms with Gasteiger partial charge in [-0.15, -0.1) is 0 Å². The highest BCUT2D eigenvalue weighted by Gasteiger charge is 2.14. The lowest BCUT2D eigenvalue weighted by molar-refractivity contribution is -0.148. The van der Waals surface area contributed by atoms with Gasteiger partial charge in [0.15, 0.2) is 6.61 Å². The van der Waals surface area contributed by atoms with Crippen LogP contribution in [0, 0.1) is 5.92 Å². The van der Waals surface area contributed by atoms with Crippen LogP contribution in [0.5, 0.6) is 0 Å². The van der Waals surface area contributed by atoms with Crippen LogP contribution in [0.3, 0.4) is 0 Å². The Hall–Kier alpha value is -2.22. The molecular formula is C19H27N3O4S. The summed E-state index contributed by atoms with van der Waals surface area (Å²) in [4.78, 5) is 27.9. The lowest BCUT2D eigenvalue weighted by Crippen LogP contribution is -2.35. The Morgan fingerprint density at radius 2 is 2.11 bits per heavy atom. The van der Waals surface area contributed by atoms with Crippen molar-refractivity contribution in [3.05, 3.63) is 22.7 Å². The number of rotatable bonds is 11. The van der Waals surface area contributed by atoms with Crippen LogP contribution in [0.25, 0.3) is 11.4 Å². The average molecular weight is 394 g/mol. The van der Waals surface area contributed by atoms with E-state index in [0.717, 1.165) is 24.8 Å². The molecule has 8 heteroatoms. The molecule has 0 fully saturated rings. The van der Waals surface area contributed by atoms with E-state index in [2.05, 4.69) is 29.3 Å². The van der Waals surface area contributed by atoms with Gasteiger partial charge in [-0.3, -0.25) is 9.59 Å². The largest absolute Gasteiger partial charge is 0.456 e. The minimum Gasteiger partial charge on any atom is -0.456 e. The zero-order chi connectivity index (χ0) is 19.6. The van der Waals surface area contributed by atoms with Crippen LogP contribution in [0.1, 0.15) is 52.3 Å². The molecule has 2 heterocycles. The van der Waals surface area contributed by atoms with Gasteiger partial charge in [0, 0.05) is 23.4 Å². The smallest absolute Gasteiger partial charge is 0.306 e. The first-order valence-electron chi connectivity index (χ1n) is 9.24. The number of carbonyl (C=O) groups excluding carboxylic acids is 2. The first-order valence-corrected chi connectivity index (χ1v) is 10.2. The van der Waals surface area contributed by atoms with Crippen LogP contribution >= 0.6 is 11.3 Å². The van der Waals surface area contributed by atoms with Crippen LogP contribution in [0.2, 0.25) is 0 Å². The number of ether oxygens (including phenoxy) is 1. The van der Waals surface area contributed by atoms with Gasteiger partial charge in [-0.25, -0.2) is 0 Å². The molecule has 2 aromatic heterocycles. The summed E-state index contributed by atoms with van der Waals surface area (Å²) in [6.45, 7) is 6.05. The van der Waals surface area contributed by atoms with Crippen molar-refractivity contribution in [3.8, 4) is 11.4 Å². The van der Waals surface area contributed by atoms with E-state index in [0.29, 0.717) is 17.6 Å². The number of hydrogen-bond acceptors (Lipinski definition) is 7. The number of carbonyl (C=O) groups is 2. The zero-order valence-corrected chi connectivity index (χ0v) is 16.9. The number of amides is 1. The number of esters is 1. The second kappa shape index (κ2) is 10.8. The molecule has 0 aliphatic heterocycles. The lowest BCUT2D eigenvalue weighted by atomic mass is 10.0. The standard InChI is InChI=1S/C19H27N3O4S/c1-13(2)5-4-6-14(3)20-16(23)11-25-18(24)8-7-17-21-19(22-26-17)15-9-10-27-12-15/h9-10,12-14H,4-8,11H2,1-3H3,(H,20,23). The number of aryl methyl sites for hydroxylation is 1. The van der Waals surface area contributed by atoms with Gasteiger partial charge in [0.25, 0.3) is 5.91 Å². The maximum absolute atomic E-state index is 11.8. The molecule has 0 aliphatic carbocycles. The van der Waals surface area contributed by atoms with Crippen molar-refractivity contribution in [2.45, 2.75) is 58.9 Å². The highest BCUT2D eigenvalue weighted by Crippen LogP contribution is 2.19. The lowest BCUT2D eigenvalue weighted by Gasteiger charge is -2.14. The van der Waals surface area contributed by atoms with Crippen molar-refractivity contribution >= 4 is 23.2 Å². The Bertz CT molecular complexity index is 712. The summed E-state index contributed by atoms with van der Waals surface area (Å²) in [5, 5.41) is 10.6. The molecule has 0 saturated carbocycles. The SMILES string of the molecule is CC(C)CCCC(C)NC(=O)COC(=O)CCc1nc(-c2ccsc2)no1. The second-order valence-corrected chi connectivity index (χ2v) is 7.76. The molecule has 0 aromatic carbocycles. The van der Waals surface area contributed by atoms with Gasteiger partial charge in [-0.2, -0.15) is 16.3 Å². The van der Waals surface area contributed by atoms with Gasteiger partial charge in [0.05, 0.1) is 6.42 Å². The molecule has 0 bridgehead atoms. The highest BCUT2D eigenvalue weighted by atomic mass is 32.1. The number of hydrogen-bond donors (Lipinski definition) is 1. The fourth-order valence-electron chi connectivity index (χ4n) is 2.51. The fourth-order valence-corrected chi connectivity index (χ4v) is 3.15. The number of aromatic nitrogens is 2. The predicted octanol–water partition coefficient (Wildman–Crippen LogP) is 3.60. The molecule has 1 atom stereocenters. The van der Waals surface area contributed by atoms with E-state index in [4.69, 9.17) is 9.26 Å². The normalized spacial score (nSPS) is 12.1. The molecule has 1 N–H and O–H groups in total. The molecule has 0 spiro atoms. The van der Waals surface area contributed by atoms with Crippen LogP contribution < -0.4 is 5.32 Å². The Balaban J connectivity index is 1.62. The van der Waals surface area contributed by atoms with Crippen LogP contribution in [-0.2, 0) is 20.7 Å². The summed E-state index contributed by atoms with van der Waals surface area (Å²) in [7, 11) is 0. The third-order valence-corrected chi connectivity index (χ3v) is 4.66. The predicted molar refractivity (Wildman–Crippen MR) is 103 cm³/mol. The van der Waals surface area contributed by atoms with E-state index >= 15 is 0 Å². The first-order chi connectivity index (χ1) is 12.9. The fraction of sp³-hybridized carbons (Fsp3) is 0.579. The Kier molecular flexibility index (Phi) is 8.44. The molecule has 1 unspecified atom stereocenters. The maximum Gasteiger partial charge on any atom is 0.306 e. The van der Waals surface area contributed by atoms with Gasteiger partial charge in [0.1, 0.15) is 0 Å². The number of nitrogens with one attached hydrogen (secondary N) is 1. The molecule has 0 radical (unpaired) electrons. The average Bonchev–Trinajstić information content (AvgIpc) is 3.29. The third-order valence-electron chi connectivity index (χ3n) is 3.98. The van der Waals surface area contributed by atoms with Gasteiger partial charge in [-0.1, -0.05) is 31.8 Å². The Morgan fingerprint density at radius 1 is 1.30 bits per heavy atom. The van der Waals surface area contributed by atoms with Crippen molar-refractivity contribution in [2.75, 3.05) is 6.61 Å². The summed E-state index contributed by atoms with van der Waals surface area (Å²) in [5.74, 6) is 0.793. The quantitative estimate of drug-likeness (QED) is 0.586. The van der Waals surface area contributed by atoms with E-state index in [-0.39, 0.29) is 31.4 Å². The number of thiophene rings is 1. The highest BCUT2D eigenvalue weighted by molar-refractivity contribution is 7.08. The molecule has 27 heavy (non-hydrogen) atoms. The van der Waals surface area contributed by atoms with Gasteiger partial charge >= 0.3 is 5.97 Å². The Labute approximate surface area is 163 Å². The molecule has 0 saturated heterocycles. The van der Waals surface area contributed by atoms with Crippen molar-refractivity contribution in [3.63, 3.8) is 0 Å². The summed E-state index contributed by atoms with van der Waals surface area (Å²) in [6, 6.07) is 1.97. The minimum atomic E-state index is -0.465. The van der Waals surface area contributed by atoms with Gasteiger partial charge in [-0.05, 0) is 30.7 Å². The van der Waals surface area contributed by atoms with E-state index in [1.54, 1.807) is 11.3 Å². The molecule has 1 amide bonds. The van der Waals surface area contributed by atoms with E-state index in [1.807, 2.05) is 23.8 Å². The van der Waals surface area contributed by atoms with Gasteiger partial charge < -0.3 is 14.6 Å². The van der Waals surface area contributed by atoms with Crippen molar-refractivity contribution in [2.24, 2.45) is 5.92 Å². The second-order valence-electron chi connectivity index (χ2n) is 6.98. The van der Waals surface area contributed by atoms with E-state index in [1.165, 1.54) is 0 Å². The topological polar surface area (TPSA) is 94.3 Å². The summed E-state index contributed by atoms with van der Waals surface area (Å²) in [5.41, 5.74) is 0.886. The number of nitrogens with zero attached hydrogens (tertiary/aromatic N) is 2. The molecule has 2 rings (SSSR count). The van der Waals surface area contributed by atoms with Crippen molar-refractivity contribution in [1.29, 1.82) is 0 Å². The maximum atomic E-state index is 11.8. The summed E-state index contributed by atoms with van der Waals surface area (Å²) < 4.78 is 10.1. The molecular weight excluding hydrogens is 366 g/mol. The molecule has 0 aliphatic rings. The van der Waals surface area contributed by atoms with Gasteiger partial charge in [0.2, 0.25) is 11.7 Å². The van der Waals surface area contributed by atoms with E-state index in [9.17, 15) is 9.59 Å². The van der Waals surface area contributed by atoms with Crippen LogP contribution in [0.15, 0.2) is 21.3 Å². The van der Waals surface area contributed by atoms with E-state index < -0.39 is 5.97 Å². The molecule has 2 aromatic rings. The van der Waals surface area contributed by atoms with Crippen molar-refractivity contribution in [1.82, 2.24) is 15.5 Å². The monoisotopic (exact) mass is 393 g/mol. The minimum absolute atomic E-state index is 0.0730. The Morgan fingerprint density at radius 3 is 2.81 bits per heavy atom. The zero-order valence-electron chi connectivity index (χ0n) is 16.1. The summed E-state index contributed by atoms with van der Waals surface area (Å²) in [6.07, 6.45) is 3.49. The van der Waals surface area contributed by atoms with Crippen LogP contribution in [-0.4, -0.2) is 34.7 Å². The first kappa shape index (κ1) is 21.1. The van der Waals surface area contributed by atoms with Crippen LogP contribution in [0.4, 0.5) is 0 Å². The third kappa shape index (κ3) is 7.90. The molecule has 7 nitrogen and oxygen atoms in total.